The summed E-state index contributed by atoms with van der Waals surface area (Å²) in [6.45, 7) is 4.51. The first-order valence-electron chi connectivity index (χ1n) is 10.1. The first-order chi connectivity index (χ1) is 14.3. The van der Waals surface area contributed by atoms with Crippen LogP contribution >= 0.6 is 0 Å². The van der Waals surface area contributed by atoms with Gasteiger partial charge in [0.05, 0.1) is 11.4 Å². The molecule has 2 aromatic carbocycles. The number of rotatable bonds is 7. The van der Waals surface area contributed by atoms with Crippen molar-refractivity contribution in [2.45, 2.75) is 18.4 Å². The number of aryl methyl sites for hydroxylation is 1. The van der Waals surface area contributed by atoms with Gasteiger partial charge in [-0.15, -0.1) is 0 Å². The van der Waals surface area contributed by atoms with Crippen molar-refractivity contribution in [3.05, 3.63) is 59.7 Å². The van der Waals surface area contributed by atoms with Crippen LogP contribution in [-0.2, 0) is 21.4 Å². The molecule has 0 aromatic heterocycles. The molecule has 1 saturated heterocycles. The van der Waals surface area contributed by atoms with Gasteiger partial charge in [0, 0.05) is 52.5 Å². The molecule has 0 atom stereocenters. The number of hydrogen-bond donors (Lipinski definition) is 1. The minimum Gasteiger partial charge on any atom is -0.378 e. The van der Waals surface area contributed by atoms with Gasteiger partial charge in [0.2, 0.25) is 15.9 Å². The fourth-order valence-electron chi connectivity index (χ4n) is 3.39. The normalized spacial score (nSPS) is 15.7. The second-order valence-electron chi connectivity index (χ2n) is 7.83. The van der Waals surface area contributed by atoms with Gasteiger partial charge in [-0.1, -0.05) is 29.8 Å². The lowest BCUT2D eigenvalue weighted by molar-refractivity contribution is -0.122. The van der Waals surface area contributed by atoms with E-state index >= 15 is 0 Å². The zero-order chi connectivity index (χ0) is 21.7. The van der Waals surface area contributed by atoms with Crippen molar-refractivity contribution >= 4 is 21.6 Å². The van der Waals surface area contributed by atoms with E-state index in [4.69, 9.17) is 0 Å². The molecule has 8 heteroatoms. The van der Waals surface area contributed by atoms with E-state index in [1.54, 1.807) is 12.1 Å². The standard InChI is InChI=1S/C22H30N4O3S/c1-18-7-9-21(10-8-18)30(28,29)26-13-11-25(12-14-26)17-22(27)23-16-19-5-4-6-20(15-19)24(2)3/h4-10,15H,11-14,16-17H2,1-3H3,(H,23,27). The maximum atomic E-state index is 12.8. The molecule has 0 bridgehead atoms. The highest BCUT2D eigenvalue weighted by Crippen LogP contribution is 2.18. The maximum Gasteiger partial charge on any atom is 0.243 e. The Balaban J connectivity index is 1.48. The Morgan fingerprint density at radius 1 is 1.03 bits per heavy atom. The Bertz CT molecular complexity index is 966. The topological polar surface area (TPSA) is 73.0 Å². The Labute approximate surface area is 179 Å². The largest absolute Gasteiger partial charge is 0.378 e. The van der Waals surface area contributed by atoms with E-state index in [-0.39, 0.29) is 12.5 Å². The molecular formula is C22H30N4O3S. The summed E-state index contributed by atoms with van der Waals surface area (Å²) < 4.78 is 27.1. The molecule has 1 fully saturated rings. The van der Waals surface area contributed by atoms with Crippen LogP contribution in [0.15, 0.2) is 53.4 Å². The van der Waals surface area contributed by atoms with Crippen LogP contribution < -0.4 is 10.2 Å². The van der Waals surface area contributed by atoms with Gasteiger partial charge in [0.15, 0.2) is 0 Å². The zero-order valence-electron chi connectivity index (χ0n) is 17.8. The molecule has 2 aromatic rings. The van der Waals surface area contributed by atoms with Gasteiger partial charge in [-0.3, -0.25) is 9.69 Å². The fourth-order valence-corrected chi connectivity index (χ4v) is 4.81. The van der Waals surface area contributed by atoms with Crippen molar-refractivity contribution in [1.82, 2.24) is 14.5 Å². The summed E-state index contributed by atoms with van der Waals surface area (Å²) in [5.74, 6) is -0.0555. The third-order valence-electron chi connectivity index (χ3n) is 5.27. The Morgan fingerprint density at radius 3 is 2.33 bits per heavy atom. The highest BCUT2D eigenvalue weighted by atomic mass is 32.2. The number of nitrogens with one attached hydrogen (secondary N) is 1. The van der Waals surface area contributed by atoms with Crippen LogP contribution in [-0.4, -0.2) is 70.3 Å². The van der Waals surface area contributed by atoms with Crippen LogP contribution in [0.3, 0.4) is 0 Å². The molecule has 1 aliphatic heterocycles. The van der Waals surface area contributed by atoms with E-state index < -0.39 is 10.0 Å². The highest BCUT2D eigenvalue weighted by molar-refractivity contribution is 7.89. The Morgan fingerprint density at radius 2 is 1.70 bits per heavy atom. The summed E-state index contributed by atoms with van der Waals surface area (Å²) in [6, 6.07) is 15.0. The summed E-state index contributed by atoms with van der Waals surface area (Å²) in [5, 5.41) is 2.95. The van der Waals surface area contributed by atoms with Crippen LogP contribution in [0.25, 0.3) is 0 Å². The van der Waals surface area contributed by atoms with Gasteiger partial charge in [-0.25, -0.2) is 8.42 Å². The number of piperazine rings is 1. The monoisotopic (exact) mass is 430 g/mol. The van der Waals surface area contributed by atoms with Crippen molar-refractivity contribution in [2.75, 3.05) is 51.7 Å². The van der Waals surface area contributed by atoms with Gasteiger partial charge < -0.3 is 10.2 Å². The third kappa shape index (κ3) is 5.59. The fraction of sp³-hybridized carbons (Fsp3) is 0.409. The van der Waals surface area contributed by atoms with E-state index in [0.29, 0.717) is 37.6 Å². The molecule has 3 rings (SSSR count). The van der Waals surface area contributed by atoms with Crippen LogP contribution in [0.2, 0.25) is 0 Å². The number of amides is 1. The third-order valence-corrected chi connectivity index (χ3v) is 7.19. The first kappa shape index (κ1) is 22.3. The molecule has 7 nitrogen and oxygen atoms in total. The molecule has 1 aliphatic rings. The van der Waals surface area contributed by atoms with Gasteiger partial charge in [-0.05, 0) is 36.8 Å². The second kappa shape index (κ2) is 9.59. The summed E-state index contributed by atoms with van der Waals surface area (Å²) >= 11 is 0. The predicted octanol–water partition coefficient (Wildman–Crippen LogP) is 1.68. The zero-order valence-corrected chi connectivity index (χ0v) is 18.7. The van der Waals surface area contributed by atoms with Gasteiger partial charge in [0.25, 0.3) is 0 Å². The smallest absolute Gasteiger partial charge is 0.243 e. The van der Waals surface area contributed by atoms with Crippen LogP contribution in [0, 0.1) is 6.92 Å². The Kier molecular flexibility index (Phi) is 7.12. The maximum absolute atomic E-state index is 12.8. The SMILES string of the molecule is Cc1ccc(S(=O)(=O)N2CCN(CC(=O)NCc3cccc(N(C)C)c3)CC2)cc1. The number of anilines is 1. The quantitative estimate of drug-likeness (QED) is 0.724. The van der Waals surface area contributed by atoms with Crippen LogP contribution in [0.1, 0.15) is 11.1 Å². The molecule has 0 radical (unpaired) electrons. The molecule has 0 unspecified atom stereocenters. The minimum atomic E-state index is -3.49. The molecule has 1 amide bonds. The molecule has 0 aliphatic carbocycles. The van der Waals surface area contributed by atoms with E-state index in [1.165, 1.54) is 4.31 Å². The first-order valence-corrected chi connectivity index (χ1v) is 11.5. The van der Waals surface area contributed by atoms with Gasteiger partial charge >= 0.3 is 0 Å². The molecule has 162 valence electrons. The molecule has 0 spiro atoms. The van der Waals surface area contributed by atoms with Gasteiger partial charge in [0.1, 0.15) is 0 Å². The number of carbonyl (C=O) groups is 1. The number of sulfonamides is 1. The summed E-state index contributed by atoms with van der Waals surface area (Å²) in [7, 11) is 0.479. The Hall–Kier alpha value is -2.42. The molecular weight excluding hydrogens is 400 g/mol. The lowest BCUT2D eigenvalue weighted by atomic mass is 10.2. The minimum absolute atomic E-state index is 0.0555. The van der Waals surface area contributed by atoms with Crippen molar-refractivity contribution in [3.8, 4) is 0 Å². The molecule has 1 heterocycles. The average Bonchev–Trinajstić information content (AvgIpc) is 2.73. The van der Waals surface area contributed by atoms with Crippen LogP contribution in [0.4, 0.5) is 5.69 Å². The summed E-state index contributed by atoms with van der Waals surface area (Å²) in [6.07, 6.45) is 0. The summed E-state index contributed by atoms with van der Waals surface area (Å²) in [5.41, 5.74) is 3.16. The van der Waals surface area contributed by atoms with Crippen LogP contribution in [0.5, 0.6) is 0 Å². The lowest BCUT2D eigenvalue weighted by Crippen LogP contribution is -2.50. The molecule has 1 N–H and O–H groups in total. The van der Waals surface area contributed by atoms with Crippen molar-refractivity contribution in [2.24, 2.45) is 0 Å². The number of nitrogens with zero attached hydrogens (tertiary/aromatic N) is 3. The summed E-state index contributed by atoms with van der Waals surface area (Å²) in [4.78, 5) is 16.7. The number of carbonyl (C=O) groups excluding carboxylic acids is 1. The average molecular weight is 431 g/mol. The van der Waals surface area contributed by atoms with E-state index in [2.05, 4.69) is 11.4 Å². The van der Waals surface area contributed by atoms with E-state index in [1.807, 2.05) is 61.2 Å². The van der Waals surface area contributed by atoms with E-state index in [9.17, 15) is 13.2 Å². The number of hydrogen-bond acceptors (Lipinski definition) is 5. The second-order valence-corrected chi connectivity index (χ2v) is 9.77. The van der Waals surface area contributed by atoms with E-state index in [0.717, 1.165) is 16.8 Å². The number of benzene rings is 2. The van der Waals surface area contributed by atoms with Crippen molar-refractivity contribution in [1.29, 1.82) is 0 Å². The molecule has 0 saturated carbocycles. The van der Waals surface area contributed by atoms with Crippen molar-refractivity contribution < 1.29 is 13.2 Å². The van der Waals surface area contributed by atoms with Gasteiger partial charge in [-0.2, -0.15) is 4.31 Å². The molecule has 30 heavy (non-hydrogen) atoms. The predicted molar refractivity (Wildman–Crippen MR) is 119 cm³/mol. The lowest BCUT2D eigenvalue weighted by Gasteiger charge is -2.33. The highest BCUT2D eigenvalue weighted by Gasteiger charge is 2.28. The van der Waals surface area contributed by atoms with Crippen molar-refractivity contribution in [3.63, 3.8) is 0 Å².